The number of carboxylic acids is 1. The van der Waals surface area contributed by atoms with Crippen LogP contribution in [0.3, 0.4) is 0 Å². The van der Waals surface area contributed by atoms with E-state index in [0.717, 1.165) is 23.1 Å². The van der Waals surface area contributed by atoms with Gasteiger partial charge in [-0.2, -0.15) is 0 Å². The molecule has 1 aliphatic rings. The van der Waals surface area contributed by atoms with Crippen LogP contribution in [-0.2, 0) is 26.3 Å². The lowest BCUT2D eigenvalue weighted by atomic mass is 9.93. The zero-order valence-corrected chi connectivity index (χ0v) is 20.1. The first kappa shape index (κ1) is 24.0. The summed E-state index contributed by atoms with van der Waals surface area (Å²) in [6.45, 7) is 5.62. The molecular formula is C28H32N2O4. The SMILES string of the molecule is CCCCCCc1ccc(-c2ncc(-c3ccc([C@]4(C(=O)O)COC(C)(C)O4)cc3)cn2)cc1. The third-order valence-electron chi connectivity index (χ3n) is 6.26. The molecule has 4 rings (SSSR count). The molecular weight excluding hydrogens is 428 g/mol. The largest absolute Gasteiger partial charge is 0.479 e. The molecule has 1 saturated heterocycles. The second-order valence-electron chi connectivity index (χ2n) is 9.30. The normalized spacial score (nSPS) is 19.3. The number of unbranched alkanes of at least 4 members (excludes halogenated alkanes) is 3. The van der Waals surface area contributed by atoms with Gasteiger partial charge in [-0.15, -0.1) is 0 Å². The van der Waals surface area contributed by atoms with Crippen molar-refractivity contribution < 1.29 is 19.4 Å². The lowest BCUT2D eigenvalue weighted by molar-refractivity contribution is -0.187. The number of carboxylic acid groups (broad SMARTS) is 1. The minimum absolute atomic E-state index is 0.0377. The first-order valence-electron chi connectivity index (χ1n) is 11.9. The third-order valence-corrected chi connectivity index (χ3v) is 6.26. The van der Waals surface area contributed by atoms with Crippen molar-refractivity contribution in [3.05, 3.63) is 72.1 Å². The van der Waals surface area contributed by atoms with Crippen LogP contribution < -0.4 is 0 Å². The van der Waals surface area contributed by atoms with Crippen molar-refractivity contribution in [1.29, 1.82) is 0 Å². The average molecular weight is 461 g/mol. The molecule has 1 N–H and O–H groups in total. The van der Waals surface area contributed by atoms with Crippen molar-refractivity contribution in [3.8, 4) is 22.5 Å². The quantitative estimate of drug-likeness (QED) is 0.395. The summed E-state index contributed by atoms with van der Waals surface area (Å²) in [5.41, 5.74) is 3.12. The van der Waals surface area contributed by atoms with Crippen molar-refractivity contribution >= 4 is 5.97 Å². The summed E-state index contributed by atoms with van der Waals surface area (Å²) in [6, 6.07) is 15.7. The Balaban J connectivity index is 1.45. The van der Waals surface area contributed by atoms with E-state index in [2.05, 4.69) is 41.2 Å². The lowest BCUT2D eigenvalue weighted by Crippen LogP contribution is -2.39. The molecule has 1 fully saturated rings. The van der Waals surface area contributed by atoms with E-state index < -0.39 is 17.4 Å². The highest BCUT2D eigenvalue weighted by molar-refractivity contribution is 5.80. The third kappa shape index (κ3) is 5.18. The van der Waals surface area contributed by atoms with Gasteiger partial charge in [0.15, 0.2) is 11.6 Å². The Hall–Kier alpha value is -3.09. The van der Waals surface area contributed by atoms with Crippen LogP contribution in [0.4, 0.5) is 0 Å². The number of aliphatic carboxylic acids is 1. The van der Waals surface area contributed by atoms with Crippen LogP contribution in [0.1, 0.15) is 57.6 Å². The van der Waals surface area contributed by atoms with Gasteiger partial charge in [0.2, 0.25) is 5.60 Å². The van der Waals surface area contributed by atoms with E-state index in [4.69, 9.17) is 9.47 Å². The Morgan fingerprint density at radius 1 is 0.912 bits per heavy atom. The van der Waals surface area contributed by atoms with Crippen LogP contribution in [0.25, 0.3) is 22.5 Å². The fraction of sp³-hybridized carbons (Fsp3) is 0.393. The molecule has 0 saturated carbocycles. The summed E-state index contributed by atoms with van der Waals surface area (Å²) in [5.74, 6) is -1.33. The van der Waals surface area contributed by atoms with Gasteiger partial charge in [-0.05, 0) is 43.4 Å². The van der Waals surface area contributed by atoms with Crippen LogP contribution in [0.5, 0.6) is 0 Å². The number of ether oxygens (including phenoxy) is 2. The van der Waals surface area contributed by atoms with Crippen LogP contribution >= 0.6 is 0 Å². The lowest BCUT2D eigenvalue weighted by Gasteiger charge is -2.25. The number of rotatable bonds is 9. The van der Waals surface area contributed by atoms with E-state index in [9.17, 15) is 9.90 Å². The van der Waals surface area contributed by atoms with Crippen molar-refractivity contribution in [2.75, 3.05) is 6.61 Å². The molecule has 3 aromatic rings. The second kappa shape index (κ2) is 10.0. The molecule has 0 aliphatic carbocycles. The molecule has 1 atom stereocenters. The molecule has 2 heterocycles. The highest BCUT2D eigenvalue weighted by Gasteiger charge is 2.52. The Labute approximate surface area is 201 Å². The van der Waals surface area contributed by atoms with Crippen molar-refractivity contribution in [2.24, 2.45) is 0 Å². The number of hydrogen-bond donors (Lipinski definition) is 1. The Bertz CT molecular complexity index is 1110. The summed E-state index contributed by atoms with van der Waals surface area (Å²) in [7, 11) is 0. The summed E-state index contributed by atoms with van der Waals surface area (Å²) in [4.78, 5) is 21.1. The molecule has 0 bridgehead atoms. The van der Waals surface area contributed by atoms with Crippen molar-refractivity contribution in [2.45, 2.75) is 64.3 Å². The molecule has 6 nitrogen and oxygen atoms in total. The average Bonchev–Trinajstić information content (AvgIpc) is 3.19. The molecule has 0 spiro atoms. The smallest absolute Gasteiger partial charge is 0.343 e. The van der Waals surface area contributed by atoms with Crippen LogP contribution in [0.2, 0.25) is 0 Å². The predicted octanol–water partition coefficient (Wildman–Crippen LogP) is 6.00. The predicted molar refractivity (Wildman–Crippen MR) is 131 cm³/mol. The molecule has 178 valence electrons. The van der Waals surface area contributed by atoms with E-state index in [-0.39, 0.29) is 6.61 Å². The van der Waals surface area contributed by atoms with Gasteiger partial charge < -0.3 is 14.6 Å². The highest BCUT2D eigenvalue weighted by Crippen LogP contribution is 2.39. The Kier molecular flexibility index (Phi) is 7.10. The van der Waals surface area contributed by atoms with Gasteiger partial charge in [0.05, 0.1) is 6.61 Å². The molecule has 0 amide bonds. The zero-order valence-electron chi connectivity index (χ0n) is 20.1. The van der Waals surface area contributed by atoms with Gasteiger partial charge in [0, 0.05) is 23.5 Å². The van der Waals surface area contributed by atoms with Gasteiger partial charge in [0.1, 0.15) is 0 Å². The molecule has 34 heavy (non-hydrogen) atoms. The number of aryl methyl sites for hydroxylation is 1. The molecule has 1 aliphatic heterocycles. The van der Waals surface area contributed by atoms with Crippen LogP contribution in [0.15, 0.2) is 60.9 Å². The van der Waals surface area contributed by atoms with Crippen LogP contribution in [-0.4, -0.2) is 33.4 Å². The maximum absolute atomic E-state index is 12.0. The van der Waals surface area contributed by atoms with Gasteiger partial charge in [-0.3, -0.25) is 0 Å². The maximum atomic E-state index is 12.0. The molecule has 0 radical (unpaired) electrons. The second-order valence-corrected chi connectivity index (χ2v) is 9.30. The monoisotopic (exact) mass is 460 g/mol. The summed E-state index contributed by atoms with van der Waals surface area (Å²) >= 11 is 0. The maximum Gasteiger partial charge on any atom is 0.343 e. The van der Waals surface area contributed by atoms with E-state index in [0.29, 0.717) is 11.4 Å². The number of nitrogens with zero attached hydrogens (tertiary/aromatic N) is 2. The fourth-order valence-corrected chi connectivity index (χ4v) is 4.26. The van der Waals surface area contributed by atoms with Gasteiger partial charge in [-0.1, -0.05) is 74.7 Å². The first-order chi connectivity index (χ1) is 16.3. The minimum Gasteiger partial charge on any atom is -0.479 e. The van der Waals surface area contributed by atoms with Crippen molar-refractivity contribution in [1.82, 2.24) is 9.97 Å². The van der Waals surface area contributed by atoms with E-state index in [1.54, 1.807) is 38.4 Å². The summed E-state index contributed by atoms with van der Waals surface area (Å²) in [6.07, 6.45) is 9.74. The fourth-order valence-electron chi connectivity index (χ4n) is 4.26. The highest BCUT2D eigenvalue weighted by atomic mass is 16.8. The Morgan fingerprint density at radius 2 is 1.56 bits per heavy atom. The van der Waals surface area contributed by atoms with Crippen LogP contribution in [0, 0.1) is 0 Å². The number of aromatic nitrogens is 2. The van der Waals surface area contributed by atoms with Crippen molar-refractivity contribution in [3.63, 3.8) is 0 Å². The first-order valence-corrected chi connectivity index (χ1v) is 11.9. The topological polar surface area (TPSA) is 81.5 Å². The zero-order chi connectivity index (χ0) is 24.2. The molecule has 0 unspecified atom stereocenters. The number of benzene rings is 2. The standard InChI is InChI=1S/C28H32N2O4/c1-4-5-6-7-8-20-9-11-22(12-10-20)25-29-17-23(18-30-25)21-13-15-24(16-14-21)28(26(31)32)19-33-27(2,3)34-28/h9-18H,4-8,19H2,1-3H3,(H,31,32)/t28-/m0/s1. The summed E-state index contributed by atoms with van der Waals surface area (Å²) in [5, 5.41) is 9.83. The molecule has 2 aromatic carbocycles. The number of hydrogen-bond acceptors (Lipinski definition) is 5. The summed E-state index contributed by atoms with van der Waals surface area (Å²) < 4.78 is 11.3. The Morgan fingerprint density at radius 3 is 2.12 bits per heavy atom. The molecule has 1 aromatic heterocycles. The number of carbonyl (C=O) groups is 1. The van der Waals surface area contributed by atoms with E-state index in [1.165, 1.54) is 31.2 Å². The van der Waals surface area contributed by atoms with E-state index in [1.807, 2.05) is 12.1 Å². The van der Waals surface area contributed by atoms with Gasteiger partial charge in [0.25, 0.3) is 0 Å². The van der Waals surface area contributed by atoms with E-state index >= 15 is 0 Å². The van der Waals surface area contributed by atoms with Gasteiger partial charge >= 0.3 is 5.97 Å². The van der Waals surface area contributed by atoms with Gasteiger partial charge in [-0.25, -0.2) is 14.8 Å². The molecule has 6 heteroatoms. The minimum atomic E-state index is -1.51.